The average molecular weight is 274 g/mol. The van der Waals surface area contributed by atoms with Crippen molar-refractivity contribution >= 4 is 5.91 Å². The Bertz CT molecular complexity index is 595. The molecule has 2 aromatic rings. The highest BCUT2D eigenvalue weighted by Gasteiger charge is 2.27. The van der Waals surface area contributed by atoms with Gasteiger partial charge in [0.1, 0.15) is 11.5 Å². The van der Waals surface area contributed by atoms with Gasteiger partial charge in [-0.3, -0.25) is 4.79 Å². The molecular weight excluding hydrogens is 256 g/mol. The van der Waals surface area contributed by atoms with Gasteiger partial charge in [0.2, 0.25) is 0 Å². The Labute approximate surface area is 117 Å². The minimum atomic E-state index is 0.0613. The van der Waals surface area contributed by atoms with Gasteiger partial charge >= 0.3 is 0 Å². The van der Waals surface area contributed by atoms with E-state index in [0.29, 0.717) is 17.4 Å². The molecule has 1 saturated heterocycles. The number of amides is 1. The Kier molecular flexibility index (Phi) is 3.30. The number of carbonyl (C=O) groups is 1. The summed E-state index contributed by atoms with van der Waals surface area (Å²) in [5.41, 5.74) is 0.679. The summed E-state index contributed by atoms with van der Waals surface area (Å²) in [6.45, 7) is 5.16. The lowest BCUT2D eigenvalue weighted by atomic mass is 10.0. The molecule has 0 unspecified atom stereocenters. The summed E-state index contributed by atoms with van der Waals surface area (Å²) >= 11 is 0. The molecule has 20 heavy (non-hydrogen) atoms. The van der Waals surface area contributed by atoms with Crippen LogP contribution in [0, 0.1) is 13.8 Å². The van der Waals surface area contributed by atoms with Crippen molar-refractivity contribution in [2.24, 2.45) is 0 Å². The van der Waals surface area contributed by atoms with E-state index in [1.165, 1.54) is 0 Å². The van der Waals surface area contributed by atoms with Gasteiger partial charge < -0.3 is 9.32 Å². The number of furan rings is 1. The predicted molar refractivity (Wildman–Crippen MR) is 72.4 cm³/mol. The van der Waals surface area contributed by atoms with Gasteiger partial charge in [-0.15, -0.1) is 0 Å². The van der Waals surface area contributed by atoms with Gasteiger partial charge in [-0.2, -0.15) is 15.0 Å². The van der Waals surface area contributed by atoms with Gasteiger partial charge in [0, 0.05) is 13.1 Å². The first-order valence-corrected chi connectivity index (χ1v) is 6.87. The van der Waals surface area contributed by atoms with Crippen molar-refractivity contribution < 1.29 is 9.21 Å². The van der Waals surface area contributed by atoms with Crippen molar-refractivity contribution in [2.45, 2.75) is 32.7 Å². The molecule has 0 aromatic carbocycles. The molecule has 0 radical (unpaired) electrons. The zero-order chi connectivity index (χ0) is 14.1. The van der Waals surface area contributed by atoms with E-state index in [1.54, 1.807) is 17.2 Å². The molecule has 106 valence electrons. The first-order chi connectivity index (χ1) is 9.65. The number of aryl methyl sites for hydroxylation is 2. The van der Waals surface area contributed by atoms with Crippen LogP contribution in [0.2, 0.25) is 0 Å². The molecule has 0 atom stereocenters. The summed E-state index contributed by atoms with van der Waals surface area (Å²) in [5, 5.41) is 8.35. The van der Waals surface area contributed by atoms with E-state index in [-0.39, 0.29) is 5.91 Å². The first-order valence-electron chi connectivity index (χ1n) is 6.87. The third-order valence-electron chi connectivity index (χ3n) is 3.79. The molecule has 0 aliphatic carbocycles. The van der Waals surface area contributed by atoms with Gasteiger partial charge in [-0.1, -0.05) is 0 Å². The molecule has 1 aliphatic rings. The van der Waals surface area contributed by atoms with E-state index in [4.69, 9.17) is 4.42 Å². The number of carbonyl (C=O) groups excluding carboxylic acids is 1. The third-order valence-corrected chi connectivity index (χ3v) is 3.79. The third kappa shape index (κ3) is 2.33. The van der Waals surface area contributed by atoms with Gasteiger partial charge in [0.15, 0.2) is 0 Å². The van der Waals surface area contributed by atoms with E-state index >= 15 is 0 Å². The lowest BCUT2D eigenvalue weighted by Crippen LogP contribution is -2.39. The zero-order valence-corrected chi connectivity index (χ0v) is 11.7. The standard InChI is InChI=1S/C14H18N4O2/c1-10-9-13(11(2)20-10)14(19)17-7-3-12(4-8-17)18-15-5-6-16-18/h5-6,9,12H,3-4,7-8H2,1-2H3. The lowest BCUT2D eigenvalue weighted by Gasteiger charge is -2.31. The van der Waals surface area contributed by atoms with Crippen molar-refractivity contribution in [2.75, 3.05) is 13.1 Å². The minimum Gasteiger partial charge on any atom is -0.466 e. The summed E-state index contributed by atoms with van der Waals surface area (Å²) in [4.78, 5) is 16.1. The van der Waals surface area contributed by atoms with E-state index in [9.17, 15) is 4.79 Å². The number of hydrogen-bond acceptors (Lipinski definition) is 4. The fraction of sp³-hybridized carbons (Fsp3) is 0.500. The molecule has 3 heterocycles. The molecule has 3 rings (SSSR count). The number of likely N-dealkylation sites (tertiary alicyclic amines) is 1. The van der Waals surface area contributed by atoms with Crippen LogP contribution in [0.5, 0.6) is 0 Å². The molecular formula is C14H18N4O2. The maximum atomic E-state index is 12.5. The summed E-state index contributed by atoms with van der Waals surface area (Å²) in [6.07, 6.45) is 5.15. The lowest BCUT2D eigenvalue weighted by molar-refractivity contribution is 0.0682. The van der Waals surface area contributed by atoms with Gasteiger partial charge in [0.05, 0.1) is 24.0 Å². The molecule has 1 fully saturated rings. The smallest absolute Gasteiger partial charge is 0.257 e. The SMILES string of the molecule is Cc1cc(C(=O)N2CCC(n3nccn3)CC2)c(C)o1. The van der Waals surface area contributed by atoms with Crippen molar-refractivity contribution in [3.05, 3.63) is 35.5 Å². The second kappa shape index (κ2) is 5.11. The highest BCUT2D eigenvalue weighted by atomic mass is 16.3. The maximum absolute atomic E-state index is 12.5. The van der Waals surface area contributed by atoms with Crippen molar-refractivity contribution in [3.8, 4) is 0 Å². The van der Waals surface area contributed by atoms with Crippen LogP contribution in [-0.2, 0) is 0 Å². The van der Waals surface area contributed by atoms with Crippen LogP contribution >= 0.6 is 0 Å². The number of piperidine rings is 1. The van der Waals surface area contributed by atoms with Crippen LogP contribution in [-0.4, -0.2) is 38.9 Å². The van der Waals surface area contributed by atoms with E-state index in [2.05, 4.69) is 10.2 Å². The largest absolute Gasteiger partial charge is 0.466 e. The molecule has 0 saturated carbocycles. The topological polar surface area (TPSA) is 64.2 Å². The van der Waals surface area contributed by atoms with Crippen LogP contribution in [0.25, 0.3) is 0 Å². The van der Waals surface area contributed by atoms with E-state index in [0.717, 1.165) is 31.7 Å². The Morgan fingerprint density at radius 3 is 2.45 bits per heavy atom. The number of rotatable bonds is 2. The highest BCUT2D eigenvalue weighted by molar-refractivity contribution is 5.95. The molecule has 0 N–H and O–H groups in total. The molecule has 6 nitrogen and oxygen atoms in total. The second-order valence-corrected chi connectivity index (χ2v) is 5.20. The van der Waals surface area contributed by atoms with Crippen LogP contribution < -0.4 is 0 Å². The fourth-order valence-corrected chi connectivity index (χ4v) is 2.73. The molecule has 1 amide bonds. The van der Waals surface area contributed by atoms with Gasteiger partial charge in [-0.25, -0.2) is 0 Å². The van der Waals surface area contributed by atoms with E-state index in [1.807, 2.05) is 24.8 Å². The van der Waals surface area contributed by atoms with Gasteiger partial charge in [-0.05, 0) is 32.8 Å². The highest BCUT2D eigenvalue weighted by Crippen LogP contribution is 2.23. The Balaban J connectivity index is 1.66. The fourth-order valence-electron chi connectivity index (χ4n) is 2.73. The van der Waals surface area contributed by atoms with Gasteiger partial charge in [0.25, 0.3) is 5.91 Å². The average Bonchev–Trinajstić information content (AvgIpc) is 3.08. The van der Waals surface area contributed by atoms with E-state index < -0.39 is 0 Å². The van der Waals surface area contributed by atoms with Crippen LogP contribution in [0.15, 0.2) is 22.9 Å². The quantitative estimate of drug-likeness (QED) is 0.839. The summed E-state index contributed by atoms with van der Waals surface area (Å²) in [5.74, 6) is 1.54. The number of aromatic nitrogens is 3. The number of hydrogen-bond donors (Lipinski definition) is 0. The predicted octanol–water partition coefficient (Wildman–Crippen LogP) is 1.97. The van der Waals surface area contributed by atoms with Crippen LogP contribution in [0.1, 0.15) is 40.8 Å². The minimum absolute atomic E-state index is 0.0613. The molecule has 0 bridgehead atoms. The molecule has 6 heteroatoms. The first kappa shape index (κ1) is 12.9. The normalized spacial score (nSPS) is 16.6. The second-order valence-electron chi connectivity index (χ2n) is 5.20. The van der Waals surface area contributed by atoms with Crippen LogP contribution in [0.4, 0.5) is 0 Å². The molecule has 2 aromatic heterocycles. The van der Waals surface area contributed by atoms with Crippen LogP contribution in [0.3, 0.4) is 0 Å². The molecule has 1 aliphatic heterocycles. The number of nitrogens with zero attached hydrogens (tertiary/aromatic N) is 4. The monoisotopic (exact) mass is 274 g/mol. The maximum Gasteiger partial charge on any atom is 0.257 e. The Morgan fingerprint density at radius 1 is 1.25 bits per heavy atom. The summed E-state index contributed by atoms with van der Waals surface area (Å²) < 4.78 is 5.43. The Hall–Kier alpha value is -2.11. The Morgan fingerprint density at radius 2 is 1.90 bits per heavy atom. The zero-order valence-electron chi connectivity index (χ0n) is 11.7. The van der Waals surface area contributed by atoms with Crippen molar-refractivity contribution in [1.82, 2.24) is 19.9 Å². The summed E-state index contributed by atoms with van der Waals surface area (Å²) in [7, 11) is 0. The molecule has 0 spiro atoms. The summed E-state index contributed by atoms with van der Waals surface area (Å²) in [6, 6.07) is 2.11. The van der Waals surface area contributed by atoms with Crippen molar-refractivity contribution in [1.29, 1.82) is 0 Å². The van der Waals surface area contributed by atoms with Crippen molar-refractivity contribution in [3.63, 3.8) is 0 Å².